The number of para-hydroxylation sites is 1. The number of hydrogen-bond acceptors (Lipinski definition) is 3. The third-order valence-corrected chi connectivity index (χ3v) is 6.45. The molecule has 0 bridgehead atoms. The van der Waals surface area contributed by atoms with Crippen molar-refractivity contribution in [2.24, 2.45) is 0 Å². The van der Waals surface area contributed by atoms with Gasteiger partial charge in [-0.1, -0.05) is 24.3 Å². The lowest BCUT2D eigenvalue weighted by Gasteiger charge is -2.31. The summed E-state index contributed by atoms with van der Waals surface area (Å²) in [5.41, 5.74) is 1.10. The summed E-state index contributed by atoms with van der Waals surface area (Å²) in [4.78, 5) is 1.03. The van der Waals surface area contributed by atoms with E-state index in [-0.39, 0.29) is 4.90 Å². The van der Waals surface area contributed by atoms with Crippen molar-refractivity contribution in [2.45, 2.75) is 11.4 Å². The highest BCUT2D eigenvalue weighted by Gasteiger charge is 2.32. The van der Waals surface area contributed by atoms with Crippen LogP contribution in [0.25, 0.3) is 0 Å². The summed E-state index contributed by atoms with van der Waals surface area (Å²) in [5, 5.41) is 0. The normalized spacial score (nSPS) is 16.7. The van der Waals surface area contributed by atoms with Crippen molar-refractivity contribution in [2.75, 3.05) is 33.3 Å². The van der Waals surface area contributed by atoms with Crippen molar-refractivity contribution >= 4 is 10.0 Å². The minimum Gasteiger partial charge on any atom is -0.496 e. The van der Waals surface area contributed by atoms with E-state index in [0.717, 1.165) is 17.9 Å². The standard InChI is InChI=1S/C18H21FN2O3S/c1-24-17-8-4-2-6-15(17)14-20-10-12-21(13-11-20)25(22,23)18-9-5-3-7-16(18)19/h2-9H,10-14H2,1H3/p+1. The summed E-state index contributed by atoms with van der Waals surface area (Å²) >= 11 is 0. The van der Waals surface area contributed by atoms with E-state index in [1.54, 1.807) is 13.2 Å². The molecule has 0 amide bonds. The van der Waals surface area contributed by atoms with Gasteiger partial charge in [-0.2, -0.15) is 4.31 Å². The van der Waals surface area contributed by atoms with E-state index in [2.05, 4.69) is 0 Å². The van der Waals surface area contributed by atoms with Gasteiger partial charge in [-0.25, -0.2) is 12.8 Å². The fraction of sp³-hybridized carbons (Fsp3) is 0.333. The first-order chi connectivity index (χ1) is 12.0. The molecule has 0 spiro atoms. The molecular weight excluding hydrogens is 343 g/mol. The van der Waals surface area contributed by atoms with Crippen LogP contribution >= 0.6 is 0 Å². The van der Waals surface area contributed by atoms with Crippen LogP contribution in [0, 0.1) is 5.82 Å². The van der Waals surface area contributed by atoms with Crippen molar-refractivity contribution in [1.82, 2.24) is 4.31 Å². The van der Waals surface area contributed by atoms with Crippen LogP contribution in [-0.2, 0) is 16.6 Å². The van der Waals surface area contributed by atoms with E-state index >= 15 is 0 Å². The fourth-order valence-electron chi connectivity index (χ4n) is 3.13. The zero-order chi connectivity index (χ0) is 17.9. The molecule has 0 aliphatic carbocycles. The predicted molar refractivity (Wildman–Crippen MR) is 92.6 cm³/mol. The van der Waals surface area contributed by atoms with Crippen LogP contribution in [0.1, 0.15) is 5.56 Å². The Bertz CT molecular complexity index is 834. The predicted octanol–water partition coefficient (Wildman–Crippen LogP) is 0.924. The smallest absolute Gasteiger partial charge is 0.246 e. The third kappa shape index (κ3) is 3.84. The van der Waals surface area contributed by atoms with Gasteiger partial charge < -0.3 is 9.64 Å². The van der Waals surface area contributed by atoms with Gasteiger partial charge in [0.1, 0.15) is 23.0 Å². The van der Waals surface area contributed by atoms with Gasteiger partial charge in [0.25, 0.3) is 0 Å². The molecule has 0 atom stereocenters. The topological polar surface area (TPSA) is 51.1 Å². The van der Waals surface area contributed by atoms with Gasteiger partial charge in [0, 0.05) is 5.56 Å². The summed E-state index contributed by atoms with van der Waals surface area (Å²) in [7, 11) is -2.14. The van der Waals surface area contributed by atoms with Crippen LogP contribution in [0.4, 0.5) is 4.39 Å². The Hall–Kier alpha value is -1.96. The van der Waals surface area contributed by atoms with Crippen LogP contribution in [0.5, 0.6) is 5.75 Å². The highest BCUT2D eigenvalue weighted by atomic mass is 32.2. The van der Waals surface area contributed by atoms with Gasteiger partial charge >= 0.3 is 0 Å². The quantitative estimate of drug-likeness (QED) is 0.858. The SMILES string of the molecule is COc1ccccc1C[NH+]1CCN(S(=O)(=O)c2ccccc2F)CC1. The Morgan fingerprint density at radius 3 is 2.40 bits per heavy atom. The van der Waals surface area contributed by atoms with Gasteiger partial charge in [0.05, 0.1) is 33.3 Å². The van der Waals surface area contributed by atoms with Gasteiger partial charge in [-0.15, -0.1) is 0 Å². The molecule has 1 saturated heterocycles. The van der Waals surface area contributed by atoms with Crippen LogP contribution in [0.15, 0.2) is 53.4 Å². The highest BCUT2D eigenvalue weighted by molar-refractivity contribution is 7.89. The van der Waals surface area contributed by atoms with Crippen molar-refractivity contribution < 1.29 is 22.4 Å². The van der Waals surface area contributed by atoms with Crippen LogP contribution in [0.2, 0.25) is 0 Å². The molecule has 0 unspecified atom stereocenters. The van der Waals surface area contributed by atoms with Crippen molar-refractivity contribution in [3.63, 3.8) is 0 Å². The van der Waals surface area contributed by atoms with Gasteiger partial charge in [0.2, 0.25) is 10.0 Å². The molecule has 0 saturated carbocycles. The molecule has 134 valence electrons. The maximum atomic E-state index is 13.9. The number of piperazine rings is 1. The molecular formula is C18H22FN2O3S+. The number of ether oxygens (including phenoxy) is 1. The van der Waals surface area contributed by atoms with Crippen molar-refractivity contribution in [3.05, 3.63) is 59.9 Å². The zero-order valence-corrected chi connectivity index (χ0v) is 14.9. The second-order valence-electron chi connectivity index (χ2n) is 6.07. The molecule has 25 heavy (non-hydrogen) atoms. The number of benzene rings is 2. The second-order valence-corrected chi connectivity index (χ2v) is 7.98. The summed E-state index contributed by atoms with van der Waals surface area (Å²) < 4.78 is 45.9. The molecule has 3 rings (SSSR count). The largest absolute Gasteiger partial charge is 0.496 e. The Kier molecular flexibility index (Phi) is 5.36. The molecule has 5 nitrogen and oxygen atoms in total. The zero-order valence-electron chi connectivity index (χ0n) is 14.1. The molecule has 0 radical (unpaired) electrons. The number of quaternary nitrogens is 1. The molecule has 1 fully saturated rings. The van der Waals surface area contributed by atoms with E-state index < -0.39 is 15.8 Å². The number of nitrogens with one attached hydrogen (secondary N) is 1. The average molecular weight is 365 g/mol. The Labute approximate surface area is 147 Å². The minimum atomic E-state index is -3.78. The average Bonchev–Trinajstić information content (AvgIpc) is 2.63. The lowest BCUT2D eigenvalue weighted by atomic mass is 10.2. The van der Waals surface area contributed by atoms with Crippen LogP contribution in [0.3, 0.4) is 0 Å². The fourth-order valence-corrected chi connectivity index (χ4v) is 4.64. The van der Waals surface area contributed by atoms with E-state index in [1.165, 1.54) is 27.4 Å². The highest BCUT2D eigenvalue weighted by Crippen LogP contribution is 2.19. The third-order valence-electron chi connectivity index (χ3n) is 4.52. The lowest BCUT2D eigenvalue weighted by molar-refractivity contribution is -0.917. The summed E-state index contributed by atoms with van der Waals surface area (Å²) in [6, 6.07) is 13.4. The Morgan fingerprint density at radius 1 is 1.08 bits per heavy atom. The minimum absolute atomic E-state index is 0.247. The molecule has 0 aromatic heterocycles. The molecule has 2 aromatic rings. The van der Waals surface area contributed by atoms with Crippen molar-refractivity contribution in [3.8, 4) is 5.75 Å². The summed E-state index contributed by atoms with van der Waals surface area (Å²) in [6.45, 7) is 2.87. The Balaban J connectivity index is 1.67. The number of nitrogens with zero attached hydrogens (tertiary/aromatic N) is 1. The molecule has 1 N–H and O–H groups in total. The lowest BCUT2D eigenvalue weighted by Crippen LogP contribution is -3.13. The summed E-state index contributed by atoms with van der Waals surface area (Å²) in [5.74, 6) is 0.141. The van der Waals surface area contributed by atoms with Crippen LogP contribution < -0.4 is 9.64 Å². The van der Waals surface area contributed by atoms with E-state index in [1.807, 2.05) is 24.3 Å². The first kappa shape index (κ1) is 17.8. The number of rotatable bonds is 5. The van der Waals surface area contributed by atoms with Gasteiger partial charge in [-0.3, -0.25) is 0 Å². The number of halogens is 1. The summed E-state index contributed by atoms with van der Waals surface area (Å²) in [6.07, 6.45) is 0. The van der Waals surface area contributed by atoms with Crippen molar-refractivity contribution in [1.29, 1.82) is 0 Å². The first-order valence-electron chi connectivity index (χ1n) is 8.22. The molecule has 1 aliphatic rings. The molecule has 2 aromatic carbocycles. The van der Waals surface area contributed by atoms with E-state index in [9.17, 15) is 12.8 Å². The monoisotopic (exact) mass is 365 g/mol. The van der Waals surface area contributed by atoms with Crippen LogP contribution in [-0.4, -0.2) is 46.0 Å². The maximum absolute atomic E-state index is 13.9. The number of sulfonamides is 1. The van der Waals surface area contributed by atoms with Gasteiger partial charge in [0.15, 0.2) is 0 Å². The number of hydrogen-bond donors (Lipinski definition) is 1. The maximum Gasteiger partial charge on any atom is 0.246 e. The second kappa shape index (κ2) is 7.51. The number of methoxy groups -OCH3 is 1. The molecule has 1 heterocycles. The Morgan fingerprint density at radius 2 is 1.72 bits per heavy atom. The van der Waals surface area contributed by atoms with E-state index in [0.29, 0.717) is 26.2 Å². The molecule has 7 heteroatoms. The van der Waals surface area contributed by atoms with E-state index in [4.69, 9.17) is 4.74 Å². The van der Waals surface area contributed by atoms with Gasteiger partial charge in [-0.05, 0) is 24.3 Å². The molecule has 1 aliphatic heterocycles. The first-order valence-corrected chi connectivity index (χ1v) is 9.66.